The van der Waals surface area contributed by atoms with E-state index in [0.29, 0.717) is 23.5 Å². The number of hydrogen-bond donors (Lipinski definition) is 3. The summed E-state index contributed by atoms with van der Waals surface area (Å²) >= 11 is 1.49. The quantitative estimate of drug-likeness (QED) is 0.435. The third-order valence-corrected chi connectivity index (χ3v) is 5.54. The summed E-state index contributed by atoms with van der Waals surface area (Å²) in [5.74, 6) is 1.17. The molecule has 9 heteroatoms. The van der Waals surface area contributed by atoms with Gasteiger partial charge in [-0.25, -0.2) is 9.97 Å². The molecule has 0 saturated heterocycles. The van der Waals surface area contributed by atoms with Crippen molar-refractivity contribution >= 4 is 17.2 Å². The van der Waals surface area contributed by atoms with Crippen molar-refractivity contribution in [2.75, 3.05) is 0 Å². The number of carbonyl (C=O) groups is 1. The Balaban J connectivity index is 1.46. The lowest BCUT2D eigenvalue weighted by molar-refractivity contribution is 0.0931. The molecule has 4 rings (SSSR count). The molecule has 0 aliphatic carbocycles. The molecule has 3 heterocycles. The van der Waals surface area contributed by atoms with Crippen molar-refractivity contribution in [3.63, 3.8) is 0 Å². The lowest BCUT2D eigenvalue weighted by Crippen LogP contribution is -2.36. The molecule has 8 nitrogen and oxygen atoms in total. The Hall–Kier alpha value is -3.33. The third kappa shape index (κ3) is 4.24. The van der Waals surface area contributed by atoms with Crippen molar-refractivity contribution in [1.82, 2.24) is 35.7 Å². The molecule has 1 atom stereocenters. The van der Waals surface area contributed by atoms with Crippen LogP contribution in [0.2, 0.25) is 0 Å². The number of nitrogens with zero attached hydrogens (tertiary/aromatic N) is 4. The number of benzene rings is 1. The van der Waals surface area contributed by atoms with Gasteiger partial charge in [-0.2, -0.15) is 10.2 Å². The van der Waals surface area contributed by atoms with E-state index in [2.05, 4.69) is 35.7 Å². The van der Waals surface area contributed by atoms with Crippen LogP contribution in [0.4, 0.5) is 0 Å². The van der Waals surface area contributed by atoms with Crippen LogP contribution in [0, 0.1) is 6.92 Å². The molecule has 0 aliphatic rings. The van der Waals surface area contributed by atoms with Crippen molar-refractivity contribution in [1.29, 1.82) is 0 Å². The fourth-order valence-electron chi connectivity index (χ4n) is 2.99. The van der Waals surface area contributed by atoms with E-state index >= 15 is 0 Å². The van der Waals surface area contributed by atoms with Gasteiger partial charge in [-0.1, -0.05) is 37.3 Å². The van der Waals surface area contributed by atoms with Gasteiger partial charge in [-0.15, -0.1) is 11.3 Å². The van der Waals surface area contributed by atoms with E-state index < -0.39 is 0 Å². The number of amides is 1. The first-order chi connectivity index (χ1) is 14.1. The molecule has 29 heavy (non-hydrogen) atoms. The molecule has 0 radical (unpaired) electrons. The summed E-state index contributed by atoms with van der Waals surface area (Å²) in [6.07, 6.45) is 2.95. The first kappa shape index (κ1) is 19.0. The summed E-state index contributed by atoms with van der Waals surface area (Å²) in [5, 5.41) is 19.9. The van der Waals surface area contributed by atoms with E-state index in [1.165, 1.54) is 11.3 Å². The van der Waals surface area contributed by atoms with Gasteiger partial charge in [0.1, 0.15) is 16.5 Å². The molecular weight excluding hydrogens is 386 g/mol. The predicted molar refractivity (Wildman–Crippen MR) is 112 cm³/mol. The van der Waals surface area contributed by atoms with Crippen molar-refractivity contribution in [2.45, 2.75) is 32.7 Å². The van der Waals surface area contributed by atoms with Crippen molar-refractivity contribution in [3.05, 3.63) is 59.1 Å². The first-order valence-electron chi connectivity index (χ1n) is 9.37. The summed E-state index contributed by atoms with van der Waals surface area (Å²) < 4.78 is 0. The summed E-state index contributed by atoms with van der Waals surface area (Å²) in [4.78, 5) is 21.9. The number of nitrogens with one attached hydrogen (secondary N) is 3. The molecule has 148 valence electrons. The zero-order valence-electron chi connectivity index (χ0n) is 16.1. The second kappa shape index (κ2) is 8.36. The van der Waals surface area contributed by atoms with E-state index in [-0.39, 0.29) is 11.9 Å². The van der Waals surface area contributed by atoms with Crippen LogP contribution in [-0.4, -0.2) is 42.3 Å². The Kier molecular flexibility index (Phi) is 5.48. The van der Waals surface area contributed by atoms with Crippen LogP contribution < -0.4 is 5.32 Å². The number of aryl methyl sites for hydroxylation is 1. The van der Waals surface area contributed by atoms with E-state index in [1.54, 1.807) is 6.20 Å². The number of H-pyrrole nitrogens is 2. The average molecular weight is 408 g/mol. The summed E-state index contributed by atoms with van der Waals surface area (Å²) in [6, 6.07) is 9.70. The van der Waals surface area contributed by atoms with Crippen LogP contribution >= 0.6 is 11.3 Å². The highest BCUT2D eigenvalue weighted by atomic mass is 32.1. The molecular formula is C20H21N7OS. The van der Waals surface area contributed by atoms with E-state index in [0.717, 1.165) is 28.5 Å². The molecule has 3 aromatic heterocycles. The number of hydrogen-bond acceptors (Lipinski definition) is 6. The van der Waals surface area contributed by atoms with Gasteiger partial charge in [-0.3, -0.25) is 15.0 Å². The van der Waals surface area contributed by atoms with Crippen LogP contribution in [0.5, 0.6) is 0 Å². The molecule has 3 N–H and O–H groups in total. The average Bonchev–Trinajstić information content (AvgIpc) is 3.48. The second-order valence-electron chi connectivity index (χ2n) is 6.71. The number of rotatable bonds is 7. The van der Waals surface area contributed by atoms with Gasteiger partial charge in [0.05, 0.1) is 11.8 Å². The maximum absolute atomic E-state index is 12.8. The van der Waals surface area contributed by atoms with Crippen LogP contribution in [-0.2, 0) is 6.42 Å². The lowest BCUT2D eigenvalue weighted by atomic mass is 10.1. The van der Waals surface area contributed by atoms with Gasteiger partial charge in [-0.05, 0) is 13.3 Å². The smallest absolute Gasteiger partial charge is 0.270 e. The highest BCUT2D eigenvalue weighted by molar-refractivity contribution is 7.13. The first-order valence-corrected chi connectivity index (χ1v) is 10.3. The Morgan fingerprint density at radius 3 is 2.76 bits per heavy atom. The topological polar surface area (TPSA) is 112 Å². The number of aromatic amines is 2. The SMILES string of the molecule is CCC(Cc1nc(-c2ccccc2)n[nH]1)NC(=O)c1[nH]ncc1-c1nc(C)cs1. The molecule has 1 aromatic carbocycles. The van der Waals surface area contributed by atoms with Crippen molar-refractivity contribution < 1.29 is 4.79 Å². The summed E-state index contributed by atoms with van der Waals surface area (Å²) in [5.41, 5.74) is 3.00. The van der Waals surface area contributed by atoms with Crippen LogP contribution in [0.1, 0.15) is 35.4 Å². The Morgan fingerprint density at radius 2 is 2.03 bits per heavy atom. The largest absolute Gasteiger partial charge is 0.348 e. The van der Waals surface area contributed by atoms with Gasteiger partial charge in [0.25, 0.3) is 5.91 Å². The van der Waals surface area contributed by atoms with Gasteiger partial charge < -0.3 is 5.32 Å². The predicted octanol–water partition coefficient (Wildman–Crippen LogP) is 3.38. The van der Waals surface area contributed by atoms with Gasteiger partial charge in [0.2, 0.25) is 0 Å². The standard InChI is InChI=1S/C20H21N7OS/c1-3-14(9-16-24-18(27-25-16)13-7-5-4-6-8-13)23-19(28)17-15(10-21-26-17)20-22-12(2)11-29-20/h4-8,10-11,14H,3,9H2,1-2H3,(H,21,26)(H,23,28)(H,24,25,27). The summed E-state index contributed by atoms with van der Waals surface area (Å²) in [7, 11) is 0. The minimum absolute atomic E-state index is 0.0896. The number of aromatic nitrogens is 6. The Labute approximate surface area is 171 Å². The minimum atomic E-state index is -0.208. The summed E-state index contributed by atoms with van der Waals surface area (Å²) in [6.45, 7) is 3.95. The normalized spacial score (nSPS) is 12.1. The van der Waals surface area contributed by atoms with Gasteiger partial charge in [0, 0.05) is 29.1 Å². The fraction of sp³-hybridized carbons (Fsp3) is 0.250. The molecule has 1 amide bonds. The molecule has 1 unspecified atom stereocenters. The van der Waals surface area contributed by atoms with Crippen LogP contribution in [0.15, 0.2) is 41.9 Å². The van der Waals surface area contributed by atoms with Crippen molar-refractivity contribution in [3.8, 4) is 22.0 Å². The van der Waals surface area contributed by atoms with E-state index in [1.807, 2.05) is 49.6 Å². The third-order valence-electron chi connectivity index (χ3n) is 4.55. The number of thiazole rings is 1. The molecule has 0 spiro atoms. The Morgan fingerprint density at radius 1 is 1.21 bits per heavy atom. The highest BCUT2D eigenvalue weighted by Gasteiger charge is 2.21. The molecule has 0 aliphatic heterocycles. The van der Waals surface area contributed by atoms with Crippen LogP contribution in [0.25, 0.3) is 22.0 Å². The van der Waals surface area contributed by atoms with Gasteiger partial charge in [0.15, 0.2) is 5.82 Å². The molecule has 0 fully saturated rings. The Bertz CT molecular complexity index is 1100. The second-order valence-corrected chi connectivity index (χ2v) is 7.57. The molecule has 4 aromatic rings. The molecule has 0 saturated carbocycles. The van der Waals surface area contributed by atoms with E-state index in [9.17, 15) is 4.79 Å². The monoisotopic (exact) mass is 407 g/mol. The van der Waals surface area contributed by atoms with E-state index in [4.69, 9.17) is 0 Å². The maximum Gasteiger partial charge on any atom is 0.270 e. The number of carbonyl (C=O) groups excluding carboxylic acids is 1. The van der Waals surface area contributed by atoms with Crippen LogP contribution in [0.3, 0.4) is 0 Å². The zero-order valence-corrected chi connectivity index (χ0v) is 17.0. The molecule has 0 bridgehead atoms. The highest BCUT2D eigenvalue weighted by Crippen LogP contribution is 2.25. The zero-order chi connectivity index (χ0) is 20.2. The lowest BCUT2D eigenvalue weighted by Gasteiger charge is -2.15. The maximum atomic E-state index is 12.8. The van der Waals surface area contributed by atoms with Gasteiger partial charge >= 0.3 is 0 Å². The fourth-order valence-corrected chi connectivity index (χ4v) is 3.80. The minimum Gasteiger partial charge on any atom is -0.348 e. The van der Waals surface area contributed by atoms with Crippen molar-refractivity contribution in [2.24, 2.45) is 0 Å².